The summed E-state index contributed by atoms with van der Waals surface area (Å²) in [4.78, 5) is 30.3. The number of halogens is 1. The molecule has 144 valence electrons. The fraction of sp³-hybridized carbons (Fsp3) is 0.0870. The predicted octanol–water partition coefficient (Wildman–Crippen LogP) is 3.97. The van der Waals surface area contributed by atoms with Crippen LogP contribution in [-0.4, -0.2) is 14.1 Å². The van der Waals surface area contributed by atoms with Crippen LogP contribution in [0.5, 0.6) is 0 Å². The van der Waals surface area contributed by atoms with Gasteiger partial charge in [-0.15, -0.1) is 0 Å². The fourth-order valence-electron chi connectivity index (χ4n) is 3.19. The monoisotopic (exact) mass is 403 g/mol. The zero-order valence-corrected chi connectivity index (χ0v) is 16.3. The van der Waals surface area contributed by atoms with Gasteiger partial charge in [0.25, 0.3) is 5.56 Å². The van der Waals surface area contributed by atoms with Crippen LogP contribution in [0.1, 0.15) is 11.1 Å². The first-order chi connectivity index (χ1) is 14.1. The number of rotatable bonds is 5. The van der Waals surface area contributed by atoms with Gasteiger partial charge >= 0.3 is 5.69 Å². The Morgan fingerprint density at radius 3 is 2.41 bits per heavy atom. The summed E-state index contributed by atoms with van der Waals surface area (Å²) >= 11 is 5.94. The molecule has 29 heavy (non-hydrogen) atoms. The van der Waals surface area contributed by atoms with Crippen LogP contribution in [0.3, 0.4) is 0 Å². The molecule has 0 aliphatic carbocycles. The van der Waals surface area contributed by atoms with Crippen molar-refractivity contribution < 1.29 is 0 Å². The van der Waals surface area contributed by atoms with E-state index in [-0.39, 0.29) is 17.8 Å². The third-order valence-corrected chi connectivity index (χ3v) is 4.89. The minimum atomic E-state index is -0.399. The molecule has 4 aromatic rings. The molecule has 0 amide bonds. The number of aromatic nitrogens is 3. The highest BCUT2D eigenvalue weighted by Crippen LogP contribution is 2.11. The summed E-state index contributed by atoms with van der Waals surface area (Å²) in [6.07, 6.45) is 5.41. The average Bonchev–Trinajstić information content (AvgIpc) is 2.75. The minimum Gasteiger partial charge on any atom is -0.288 e. The second-order valence-corrected chi connectivity index (χ2v) is 7.03. The van der Waals surface area contributed by atoms with E-state index < -0.39 is 5.56 Å². The quantitative estimate of drug-likeness (QED) is 0.506. The van der Waals surface area contributed by atoms with E-state index in [1.54, 1.807) is 47.2 Å². The van der Waals surface area contributed by atoms with E-state index in [9.17, 15) is 9.59 Å². The molecule has 0 aliphatic rings. The van der Waals surface area contributed by atoms with Crippen LogP contribution in [0.4, 0.5) is 0 Å². The van der Waals surface area contributed by atoms with Crippen LogP contribution in [0.2, 0.25) is 5.02 Å². The normalized spacial score (nSPS) is 11.3. The Kier molecular flexibility index (Phi) is 5.40. The molecular weight excluding hydrogens is 386 g/mol. The van der Waals surface area contributed by atoms with Crippen molar-refractivity contribution >= 4 is 28.7 Å². The van der Waals surface area contributed by atoms with E-state index in [4.69, 9.17) is 11.6 Å². The van der Waals surface area contributed by atoms with E-state index in [0.29, 0.717) is 17.1 Å². The van der Waals surface area contributed by atoms with Gasteiger partial charge in [0, 0.05) is 17.8 Å². The fourth-order valence-corrected chi connectivity index (χ4v) is 3.32. The molecule has 0 saturated carbocycles. The molecule has 0 N–H and O–H groups in total. The number of nitrogens with zero attached hydrogens (tertiary/aromatic N) is 3. The van der Waals surface area contributed by atoms with Crippen molar-refractivity contribution in [3.63, 3.8) is 0 Å². The van der Waals surface area contributed by atoms with Crippen LogP contribution >= 0.6 is 11.6 Å². The minimum absolute atomic E-state index is 0.156. The third kappa shape index (κ3) is 4.05. The highest BCUT2D eigenvalue weighted by Gasteiger charge is 2.13. The van der Waals surface area contributed by atoms with Gasteiger partial charge in [-0.05, 0) is 35.4 Å². The summed E-state index contributed by atoms with van der Waals surface area (Å²) in [6.45, 7) is 0.487. The van der Waals surface area contributed by atoms with E-state index >= 15 is 0 Å². The lowest BCUT2D eigenvalue weighted by Gasteiger charge is -2.12. The van der Waals surface area contributed by atoms with Gasteiger partial charge in [-0.25, -0.2) is 9.78 Å². The molecule has 2 heterocycles. The number of allylic oxidation sites excluding steroid dienone is 1. The number of hydrogen-bond acceptors (Lipinski definition) is 3. The highest BCUT2D eigenvalue weighted by molar-refractivity contribution is 6.30. The molecule has 0 spiro atoms. The van der Waals surface area contributed by atoms with Gasteiger partial charge in [0.15, 0.2) is 5.52 Å². The third-order valence-electron chi connectivity index (χ3n) is 4.64. The van der Waals surface area contributed by atoms with Gasteiger partial charge in [-0.1, -0.05) is 66.2 Å². The van der Waals surface area contributed by atoms with Crippen molar-refractivity contribution in [2.75, 3.05) is 0 Å². The molecule has 2 aromatic carbocycles. The smallest absolute Gasteiger partial charge is 0.288 e. The zero-order valence-electron chi connectivity index (χ0n) is 15.5. The molecule has 2 aromatic heterocycles. The van der Waals surface area contributed by atoms with E-state index in [1.165, 1.54) is 4.57 Å². The van der Waals surface area contributed by atoms with Crippen LogP contribution < -0.4 is 11.2 Å². The second kappa shape index (κ2) is 8.29. The number of hydrogen-bond donors (Lipinski definition) is 0. The lowest BCUT2D eigenvalue weighted by Crippen LogP contribution is -2.40. The molecule has 0 atom stereocenters. The summed E-state index contributed by atoms with van der Waals surface area (Å²) in [6, 6.07) is 20.4. The Hall–Kier alpha value is -3.44. The summed E-state index contributed by atoms with van der Waals surface area (Å²) in [5.74, 6) is 0. The molecule has 0 saturated heterocycles. The molecular formula is C23H18ClN3O2. The molecule has 0 fully saturated rings. The summed E-state index contributed by atoms with van der Waals surface area (Å²) in [5, 5.41) is 0.602. The first-order valence-electron chi connectivity index (χ1n) is 9.18. The van der Waals surface area contributed by atoms with Gasteiger partial charge in [0.05, 0.1) is 12.1 Å². The summed E-state index contributed by atoms with van der Waals surface area (Å²) in [7, 11) is 0. The highest BCUT2D eigenvalue weighted by atomic mass is 35.5. The summed E-state index contributed by atoms with van der Waals surface area (Å²) in [5.41, 5.74) is 1.88. The van der Waals surface area contributed by atoms with E-state index in [2.05, 4.69) is 4.98 Å². The lowest BCUT2D eigenvalue weighted by atomic mass is 10.2. The van der Waals surface area contributed by atoms with E-state index in [0.717, 1.165) is 11.1 Å². The second-order valence-electron chi connectivity index (χ2n) is 6.60. The van der Waals surface area contributed by atoms with Gasteiger partial charge in [-0.2, -0.15) is 0 Å². The molecule has 0 bridgehead atoms. The first kappa shape index (κ1) is 18.9. The van der Waals surface area contributed by atoms with Crippen LogP contribution in [-0.2, 0) is 13.1 Å². The number of pyridine rings is 1. The maximum Gasteiger partial charge on any atom is 0.332 e. The largest absolute Gasteiger partial charge is 0.332 e. The SMILES string of the molecule is O=c1c2ncccc2n(C/C=C/c2ccccc2)c(=O)n1Cc1ccc(Cl)cc1. The Balaban J connectivity index is 1.78. The van der Waals surface area contributed by atoms with E-state index in [1.807, 2.05) is 42.5 Å². The predicted molar refractivity (Wildman–Crippen MR) is 116 cm³/mol. The number of benzene rings is 2. The molecule has 6 heteroatoms. The Bertz CT molecular complexity index is 1290. The molecule has 5 nitrogen and oxygen atoms in total. The zero-order chi connectivity index (χ0) is 20.2. The maximum absolute atomic E-state index is 13.2. The lowest BCUT2D eigenvalue weighted by molar-refractivity contribution is 0.639. The standard InChI is InChI=1S/C23H18ClN3O2/c24-19-12-10-18(11-13-19)16-27-22(28)21-20(9-4-14-25-21)26(23(27)29)15-5-8-17-6-2-1-3-7-17/h1-14H,15-16H2/b8-5+. The Morgan fingerprint density at radius 2 is 1.66 bits per heavy atom. The van der Waals surface area contributed by atoms with Gasteiger partial charge in [0.1, 0.15) is 0 Å². The van der Waals surface area contributed by atoms with Gasteiger partial charge in [-0.3, -0.25) is 13.9 Å². The van der Waals surface area contributed by atoms with Crippen molar-refractivity contribution in [1.29, 1.82) is 0 Å². The van der Waals surface area contributed by atoms with Gasteiger partial charge < -0.3 is 0 Å². The van der Waals surface area contributed by atoms with Crippen LogP contribution in [0.25, 0.3) is 17.1 Å². The van der Waals surface area contributed by atoms with Gasteiger partial charge in [0.2, 0.25) is 0 Å². The topological polar surface area (TPSA) is 56.9 Å². The maximum atomic E-state index is 13.2. The van der Waals surface area contributed by atoms with Crippen molar-refractivity contribution in [3.8, 4) is 0 Å². The number of fused-ring (bicyclic) bond motifs is 1. The Morgan fingerprint density at radius 1 is 0.897 bits per heavy atom. The van der Waals surface area contributed by atoms with Crippen molar-refractivity contribution in [2.45, 2.75) is 13.1 Å². The van der Waals surface area contributed by atoms with Crippen LogP contribution in [0.15, 0.2) is 88.6 Å². The summed E-state index contributed by atoms with van der Waals surface area (Å²) < 4.78 is 2.79. The Labute approximate surface area is 172 Å². The first-order valence-corrected chi connectivity index (χ1v) is 9.56. The molecule has 0 aliphatic heterocycles. The molecule has 4 rings (SSSR count). The average molecular weight is 404 g/mol. The van der Waals surface area contributed by atoms with Crippen LogP contribution in [0, 0.1) is 0 Å². The van der Waals surface area contributed by atoms with Crippen molar-refractivity contribution in [2.24, 2.45) is 0 Å². The molecule has 0 unspecified atom stereocenters. The van der Waals surface area contributed by atoms with Crippen molar-refractivity contribution in [1.82, 2.24) is 14.1 Å². The molecule has 0 radical (unpaired) electrons. The van der Waals surface area contributed by atoms with Crippen molar-refractivity contribution in [3.05, 3.63) is 116 Å².